The molecule has 12 heteroatoms. The highest BCUT2D eigenvalue weighted by Gasteiger charge is 2.29. The van der Waals surface area contributed by atoms with Gasteiger partial charge in [0.25, 0.3) is 0 Å². The minimum absolute atomic E-state index is 0.0112. The second kappa shape index (κ2) is 24.6. The molecule has 0 aliphatic heterocycles. The van der Waals surface area contributed by atoms with Crippen LogP contribution in [0, 0.1) is 0 Å². The van der Waals surface area contributed by atoms with E-state index >= 15 is 0 Å². The van der Waals surface area contributed by atoms with Crippen LogP contribution in [-0.4, -0.2) is 82.6 Å². The zero-order valence-corrected chi connectivity index (χ0v) is 31.2. The smallest absolute Gasteiger partial charge is 0.249 e. The van der Waals surface area contributed by atoms with E-state index in [0.29, 0.717) is 17.9 Å². The molecule has 0 aromatic carbocycles. The van der Waals surface area contributed by atoms with E-state index in [0.717, 1.165) is 35.4 Å². The van der Waals surface area contributed by atoms with Crippen LogP contribution in [0.1, 0.15) is 85.4 Å². The first kappa shape index (κ1) is 45.6. The van der Waals surface area contributed by atoms with Gasteiger partial charge in [0, 0.05) is 62.6 Å². The molecule has 0 saturated heterocycles. The Hall–Kier alpha value is -4.45. The molecule has 1 atom stereocenters. The normalized spacial score (nSPS) is 12.9. The van der Waals surface area contributed by atoms with E-state index in [9.17, 15) is 22.8 Å². The number of pyridine rings is 1. The van der Waals surface area contributed by atoms with Gasteiger partial charge in [-0.05, 0) is 75.7 Å². The molecule has 0 aliphatic rings. The second-order valence-corrected chi connectivity index (χ2v) is 11.3. The zero-order valence-electron chi connectivity index (χ0n) is 31.2. The summed E-state index contributed by atoms with van der Waals surface area (Å²) < 4.78 is 46.5. The van der Waals surface area contributed by atoms with Gasteiger partial charge >= 0.3 is 0 Å². The SMILES string of the molecule is C=Cc1[nH]nc(-c2ccncc2)c1/C=C/C(N)=O.CC.CCCCN(C/C(C)=C(F)/C=C\C=C(/C)OC)C(C)C(=O)N(C)CCC(F)(F)CC. The average Bonchev–Trinajstić information content (AvgIpc) is 3.55. The number of H-pyrrole nitrogens is 1. The molecule has 50 heavy (non-hydrogen) atoms. The molecule has 3 N–H and O–H groups in total. The average molecular weight is 703 g/mol. The van der Waals surface area contributed by atoms with Crippen molar-refractivity contribution in [3.63, 3.8) is 0 Å². The summed E-state index contributed by atoms with van der Waals surface area (Å²) in [5.74, 6) is -3.22. The van der Waals surface area contributed by atoms with Crippen molar-refractivity contribution in [2.45, 2.75) is 86.1 Å². The number of alkyl halides is 2. The number of halogens is 3. The number of nitrogens with zero attached hydrogens (tertiary/aromatic N) is 4. The quantitative estimate of drug-likeness (QED) is 0.0916. The third kappa shape index (κ3) is 16.8. The lowest BCUT2D eigenvalue weighted by Gasteiger charge is -2.32. The van der Waals surface area contributed by atoms with Crippen molar-refractivity contribution in [2.75, 3.05) is 33.8 Å². The van der Waals surface area contributed by atoms with Crippen LogP contribution < -0.4 is 5.73 Å². The molecule has 2 aromatic heterocycles. The second-order valence-electron chi connectivity index (χ2n) is 11.3. The molecule has 2 rings (SSSR count). The van der Waals surface area contributed by atoms with Crippen LogP contribution in [0.5, 0.6) is 0 Å². The van der Waals surface area contributed by atoms with E-state index in [1.54, 1.807) is 71.6 Å². The topological polar surface area (TPSA) is 117 Å². The summed E-state index contributed by atoms with van der Waals surface area (Å²) in [7, 11) is 3.08. The third-order valence-electron chi connectivity index (χ3n) is 7.56. The number of hydrogen-bond acceptors (Lipinski definition) is 6. The first-order valence-corrected chi connectivity index (χ1v) is 16.9. The number of primary amides is 1. The number of ether oxygens (including phenoxy) is 1. The Morgan fingerprint density at radius 3 is 2.32 bits per heavy atom. The Morgan fingerprint density at radius 2 is 1.78 bits per heavy atom. The summed E-state index contributed by atoms with van der Waals surface area (Å²) in [6, 6.07) is 3.15. The van der Waals surface area contributed by atoms with Crippen molar-refractivity contribution in [3.8, 4) is 11.3 Å². The van der Waals surface area contributed by atoms with Crippen LogP contribution in [0.15, 0.2) is 72.6 Å². The number of likely N-dealkylation sites (N-methyl/N-ethyl adjacent to an activating group) is 1. The fraction of sp³-hybridized carbons (Fsp3) is 0.474. The van der Waals surface area contributed by atoms with Crippen molar-refractivity contribution >= 4 is 24.0 Å². The summed E-state index contributed by atoms with van der Waals surface area (Å²) in [5, 5.41) is 7.06. The Bertz CT molecular complexity index is 1430. The number of carbonyl (C=O) groups is 2. The van der Waals surface area contributed by atoms with Gasteiger partial charge in [-0.3, -0.25) is 24.6 Å². The molecular weight excluding hydrogens is 645 g/mol. The lowest BCUT2D eigenvalue weighted by molar-refractivity contribution is -0.136. The maximum atomic E-state index is 14.5. The van der Waals surface area contributed by atoms with Gasteiger partial charge in [0.1, 0.15) is 11.5 Å². The number of hydrogen-bond donors (Lipinski definition) is 2. The number of aromatic nitrogens is 3. The van der Waals surface area contributed by atoms with Crippen LogP contribution in [0.4, 0.5) is 13.2 Å². The number of rotatable bonds is 18. The third-order valence-corrected chi connectivity index (χ3v) is 7.56. The van der Waals surface area contributed by atoms with Gasteiger partial charge in [0.05, 0.1) is 24.6 Å². The molecule has 0 fully saturated rings. The highest BCUT2D eigenvalue weighted by atomic mass is 19.3. The monoisotopic (exact) mass is 702 g/mol. The lowest BCUT2D eigenvalue weighted by Crippen LogP contribution is -2.47. The Kier molecular flexibility index (Phi) is 22.5. The lowest BCUT2D eigenvalue weighted by atomic mass is 10.1. The number of aromatic amines is 1. The highest BCUT2D eigenvalue weighted by molar-refractivity contribution is 5.92. The van der Waals surface area contributed by atoms with Gasteiger partial charge in [-0.1, -0.05) is 46.8 Å². The fourth-order valence-electron chi connectivity index (χ4n) is 4.31. The van der Waals surface area contributed by atoms with Crippen molar-refractivity contribution < 1.29 is 27.5 Å². The van der Waals surface area contributed by atoms with E-state index in [4.69, 9.17) is 10.5 Å². The van der Waals surface area contributed by atoms with Crippen LogP contribution in [-0.2, 0) is 14.3 Å². The molecule has 0 bridgehead atoms. The number of amides is 2. The Balaban J connectivity index is 0.00000101. The molecule has 0 saturated carbocycles. The van der Waals surface area contributed by atoms with Crippen molar-refractivity contribution in [3.05, 3.63) is 83.8 Å². The van der Waals surface area contributed by atoms with Crippen molar-refractivity contribution in [2.24, 2.45) is 5.73 Å². The highest BCUT2D eigenvalue weighted by Crippen LogP contribution is 2.25. The van der Waals surface area contributed by atoms with E-state index in [1.807, 2.05) is 37.8 Å². The summed E-state index contributed by atoms with van der Waals surface area (Å²) in [6.07, 6.45) is 13.7. The number of carbonyl (C=O) groups excluding carboxylic acids is 2. The summed E-state index contributed by atoms with van der Waals surface area (Å²) in [5.41, 5.74) is 8.74. The van der Waals surface area contributed by atoms with Crippen LogP contribution >= 0.6 is 0 Å². The predicted octanol–water partition coefficient (Wildman–Crippen LogP) is 8.36. The number of nitrogens with one attached hydrogen (secondary N) is 1. The van der Waals surface area contributed by atoms with E-state index in [-0.39, 0.29) is 37.7 Å². The van der Waals surface area contributed by atoms with Crippen molar-refractivity contribution in [1.29, 1.82) is 0 Å². The standard InChI is InChI=1S/C23H39F3N2O2.C13H12N4O.C2H6/c1-8-10-15-28(17-18(3)21(24)13-11-12-19(4)30-7)20(5)22(29)27(6)16-14-23(25,26)9-2;1-2-11-10(3-4-12(14)18)13(17-16-11)9-5-7-15-8-6-9;1-2/h11-13,20H,8-10,14-17H2,1-7H3;2-8H,1H2,(H2,14,18)(H,16,17);1-2H3/b13-11-,19-12+,21-18-;4-3+;. The van der Waals surface area contributed by atoms with Crippen LogP contribution in [0.3, 0.4) is 0 Å². The van der Waals surface area contributed by atoms with E-state index in [2.05, 4.69) is 21.8 Å². The minimum atomic E-state index is -2.77. The van der Waals surface area contributed by atoms with Gasteiger partial charge in [-0.15, -0.1) is 0 Å². The van der Waals surface area contributed by atoms with Crippen molar-refractivity contribution in [1.82, 2.24) is 25.0 Å². The first-order chi connectivity index (χ1) is 23.7. The molecule has 2 amide bonds. The first-order valence-electron chi connectivity index (χ1n) is 16.9. The Morgan fingerprint density at radius 1 is 1.14 bits per heavy atom. The molecule has 1 unspecified atom stereocenters. The van der Waals surface area contributed by atoms with Gasteiger partial charge in [-0.25, -0.2) is 13.2 Å². The predicted molar refractivity (Wildman–Crippen MR) is 199 cm³/mol. The van der Waals surface area contributed by atoms with Gasteiger partial charge in [0.2, 0.25) is 17.7 Å². The summed E-state index contributed by atoms with van der Waals surface area (Å²) >= 11 is 0. The molecule has 0 spiro atoms. The molecule has 2 heterocycles. The van der Waals surface area contributed by atoms with Crippen LogP contribution in [0.2, 0.25) is 0 Å². The van der Waals surface area contributed by atoms with E-state index in [1.165, 1.54) is 24.0 Å². The minimum Gasteiger partial charge on any atom is -0.501 e. The summed E-state index contributed by atoms with van der Waals surface area (Å²) in [6.45, 7) is 17.3. The molecule has 0 radical (unpaired) electrons. The van der Waals surface area contributed by atoms with Gasteiger partial charge < -0.3 is 15.4 Å². The Labute approximate surface area is 296 Å². The van der Waals surface area contributed by atoms with Crippen LogP contribution in [0.25, 0.3) is 23.4 Å². The zero-order chi connectivity index (χ0) is 38.3. The summed E-state index contributed by atoms with van der Waals surface area (Å²) in [4.78, 5) is 30.8. The maximum absolute atomic E-state index is 14.5. The van der Waals surface area contributed by atoms with E-state index < -0.39 is 17.9 Å². The molecule has 278 valence electrons. The number of nitrogens with two attached hydrogens (primary N) is 1. The maximum Gasteiger partial charge on any atom is 0.249 e. The number of allylic oxidation sites excluding steroid dienone is 5. The van der Waals surface area contributed by atoms with Gasteiger partial charge in [0.15, 0.2) is 0 Å². The largest absolute Gasteiger partial charge is 0.501 e. The molecule has 2 aromatic rings. The number of methoxy groups -OCH3 is 1. The molecule has 9 nitrogen and oxygen atoms in total. The molecule has 0 aliphatic carbocycles. The fourth-order valence-corrected chi connectivity index (χ4v) is 4.31. The number of unbranched alkanes of at least 4 members (excludes halogenated alkanes) is 1. The van der Waals surface area contributed by atoms with Gasteiger partial charge in [-0.2, -0.15) is 5.10 Å². The molecular formula is C38H57F3N6O3.